The highest BCUT2D eigenvalue weighted by atomic mass is 33.1. The molecule has 1 N–H and O–H groups in total. The minimum absolute atomic E-state index is 0.144. The van der Waals surface area contributed by atoms with Gasteiger partial charge in [0.15, 0.2) is 0 Å². The minimum atomic E-state index is -0.467. The Bertz CT molecular complexity index is 184. The molecule has 0 fully saturated rings. The predicted octanol–water partition coefficient (Wildman–Crippen LogP) is 0.882. The summed E-state index contributed by atoms with van der Waals surface area (Å²) in [5.74, 6) is 0.697. The molecule has 14 heavy (non-hydrogen) atoms. The Balaban J connectivity index is 3.19. The van der Waals surface area contributed by atoms with E-state index in [1.807, 2.05) is 0 Å². The van der Waals surface area contributed by atoms with Crippen LogP contribution >= 0.6 is 21.6 Å². The number of esters is 1. The van der Waals surface area contributed by atoms with Gasteiger partial charge in [-0.05, 0) is 6.92 Å². The van der Waals surface area contributed by atoms with Gasteiger partial charge < -0.3 is 9.84 Å². The summed E-state index contributed by atoms with van der Waals surface area (Å²) in [6, 6.07) is 0. The van der Waals surface area contributed by atoms with Crippen LogP contribution in [0, 0.1) is 0 Å². The fourth-order valence-electron chi connectivity index (χ4n) is 0.599. The summed E-state index contributed by atoms with van der Waals surface area (Å²) in [5.41, 5.74) is 0. The summed E-state index contributed by atoms with van der Waals surface area (Å²) in [4.78, 5) is 21.3. The van der Waals surface area contributed by atoms with Crippen LogP contribution in [0.1, 0.15) is 13.3 Å². The second-order valence-electron chi connectivity index (χ2n) is 2.47. The van der Waals surface area contributed by atoms with Crippen LogP contribution in [0.15, 0.2) is 0 Å². The minimum Gasteiger partial charge on any atom is -0.464 e. The van der Waals surface area contributed by atoms with Gasteiger partial charge in [0.05, 0.1) is 6.61 Å². The Morgan fingerprint density at radius 3 is 2.50 bits per heavy atom. The number of carbonyl (C=O) groups excluding carboxylic acids is 2. The van der Waals surface area contributed by atoms with Crippen molar-refractivity contribution >= 4 is 33.3 Å². The summed E-state index contributed by atoms with van der Waals surface area (Å²) in [6.07, 6.45) is -0.144. The van der Waals surface area contributed by atoms with Gasteiger partial charge in [-0.2, -0.15) is 0 Å². The SMILES string of the molecule is CC(=O)CC(=O)OCCSSCCO. The van der Waals surface area contributed by atoms with Crippen molar-refractivity contribution in [2.75, 3.05) is 24.7 Å². The van der Waals surface area contributed by atoms with Crippen LogP contribution in [-0.2, 0) is 14.3 Å². The number of hydrogen-bond acceptors (Lipinski definition) is 6. The highest BCUT2D eigenvalue weighted by Gasteiger charge is 2.05. The fraction of sp³-hybridized carbons (Fsp3) is 0.750. The molecule has 0 aliphatic carbocycles. The molecule has 0 saturated heterocycles. The molecule has 0 saturated carbocycles. The second kappa shape index (κ2) is 9.36. The van der Waals surface area contributed by atoms with Crippen LogP contribution in [0.5, 0.6) is 0 Å². The highest BCUT2D eigenvalue weighted by Crippen LogP contribution is 2.19. The first-order valence-electron chi connectivity index (χ1n) is 4.17. The molecule has 0 heterocycles. The van der Waals surface area contributed by atoms with Gasteiger partial charge in [-0.3, -0.25) is 9.59 Å². The molecule has 0 unspecified atom stereocenters. The van der Waals surface area contributed by atoms with E-state index in [4.69, 9.17) is 9.84 Å². The van der Waals surface area contributed by atoms with Crippen LogP contribution in [0.25, 0.3) is 0 Å². The van der Waals surface area contributed by atoms with E-state index in [1.165, 1.54) is 28.5 Å². The molecular formula is C8H14O4S2. The molecule has 0 aromatic heterocycles. The van der Waals surface area contributed by atoms with Crippen LogP contribution in [0.4, 0.5) is 0 Å². The van der Waals surface area contributed by atoms with Crippen molar-refractivity contribution in [2.45, 2.75) is 13.3 Å². The monoisotopic (exact) mass is 238 g/mol. The zero-order valence-corrected chi connectivity index (χ0v) is 9.66. The van der Waals surface area contributed by atoms with Crippen molar-refractivity contribution < 1.29 is 19.4 Å². The quantitative estimate of drug-likeness (QED) is 0.293. The van der Waals surface area contributed by atoms with Crippen molar-refractivity contribution in [3.8, 4) is 0 Å². The molecule has 0 spiro atoms. The van der Waals surface area contributed by atoms with Gasteiger partial charge in [0.2, 0.25) is 0 Å². The number of hydrogen-bond donors (Lipinski definition) is 1. The lowest BCUT2D eigenvalue weighted by atomic mass is 10.3. The number of carbonyl (C=O) groups is 2. The average Bonchev–Trinajstić information content (AvgIpc) is 2.10. The molecule has 0 aliphatic rings. The molecule has 0 bridgehead atoms. The van der Waals surface area contributed by atoms with Gasteiger partial charge in [-0.25, -0.2) is 0 Å². The standard InChI is InChI=1S/C8H14O4S2/c1-7(10)6-8(11)12-3-5-14-13-4-2-9/h9H,2-6H2,1H3. The third-order valence-electron chi connectivity index (χ3n) is 1.08. The summed E-state index contributed by atoms with van der Waals surface area (Å²) in [5, 5.41) is 8.45. The van der Waals surface area contributed by atoms with Crippen molar-refractivity contribution in [3.05, 3.63) is 0 Å². The van der Waals surface area contributed by atoms with Gasteiger partial charge in [0.25, 0.3) is 0 Å². The largest absolute Gasteiger partial charge is 0.464 e. The summed E-state index contributed by atoms with van der Waals surface area (Å²) in [7, 11) is 3.06. The van der Waals surface area contributed by atoms with Crippen LogP contribution in [0.2, 0.25) is 0 Å². The van der Waals surface area contributed by atoms with Crippen LogP contribution in [-0.4, -0.2) is 41.6 Å². The molecule has 0 amide bonds. The molecule has 6 heteroatoms. The van der Waals surface area contributed by atoms with E-state index in [0.717, 1.165) is 0 Å². The maximum Gasteiger partial charge on any atom is 0.313 e. The number of aliphatic hydroxyl groups excluding tert-OH is 1. The predicted molar refractivity (Wildman–Crippen MR) is 58.3 cm³/mol. The average molecular weight is 238 g/mol. The van der Waals surface area contributed by atoms with E-state index >= 15 is 0 Å². The molecular weight excluding hydrogens is 224 g/mol. The molecule has 82 valence electrons. The molecule has 0 rings (SSSR count). The lowest BCUT2D eigenvalue weighted by molar-refractivity contribution is -0.145. The second-order valence-corrected chi connectivity index (χ2v) is 5.17. The fourth-order valence-corrected chi connectivity index (χ4v) is 2.20. The smallest absolute Gasteiger partial charge is 0.313 e. The van der Waals surface area contributed by atoms with E-state index in [-0.39, 0.29) is 18.8 Å². The van der Waals surface area contributed by atoms with Crippen molar-refractivity contribution in [3.63, 3.8) is 0 Å². The van der Waals surface area contributed by atoms with Gasteiger partial charge in [0, 0.05) is 11.5 Å². The Morgan fingerprint density at radius 2 is 1.93 bits per heavy atom. The van der Waals surface area contributed by atoms with Crippen molar-refractivity contribution in [1.29, 1.82) is 0 Å². The van der Waals surface area contributed by atoms with Crippen LogP contribution < -0.4 is 0 Å². The Kier molecular flexibility index (Phi) is 9.23. The molecule has 0 atom stereocenters. The Hall–Kier alpha value is -0.200. The van der Waals surface area contributed by atoms with Gasteiger partial charge in [-0.15, -0.1) is 0 Å². The Labute approximate surface area is 91.2 Å². The summed E-state index contributed by atoms with van der Waals surface area (Å²) in [6.45, 7) is 1.82. The zero-order valence-electron chi connectivity index (χ0n) is 8.02. The summed E-state index contributed by atoms with van der Waals surface area (Å²) >= 11 is 0. The molecule has 0 aliphatic heterocycles. The molecule has 0 aromatic rings. The van der Waals surface area contributed by atoms with Crippen molar-refractivity contribution in [1.82, 2.24) is 0 Å². The molecule has 4 nitrogen and oxygen atoms in total. The first kappa shape index (κ1) is 13.8. The van der Waals surface area contributed by atoms with Gasteiger partial charge >= 0.3 is 5.97 Å². The zero-order chi connectivity index (χ0) is 10.8. The third-order valence-corrected chi connectivity index (χ3v) is 3.43. The highest BCUT2D eigenvalue weighted by molar-refractivity contribution is 8.76. The molecule has 0 aromatic carbocycles. The van der Waals surface area contributed by atoms with E-state index in [9.17, 15) is 9.59 Å². The number of Topliss-reactive ketones (excluding diaryl/α,β-unsaturated/α-hetero) is 1. The maximum atomic E-state index is 10.8. The van der Waals surface area contributed by atoms with Crippen LogP contribution in [0.3, 0.4) is 0 Å². The van der Waals surface area contributed by atoms with E-state index in [2.05, 4.69) is 0 Å². The van der Waals surface area contributed by atoms with Crippen molar-refractivity contribution in [2.24, 2.45) is 0 Å². The molecule has 0 radical (unpaired) electrons. The first-order chi connectivity index (χ1) is 6.66. The lowest BCUT2D eigenvalue weighted by Gasteiger charge is -2.02. The Morgan fingerprint density at radius 1 is 1.29 bits per heavy atom. The van der Waals surface area contributed by atoms with Gasteiger partial charge in [-0.1, -0.05) is 21.6 Å². The lowest BCUT2D eigenvalue weighted by Crippen LogP contribution is -2.10. The van der Waals surface area contributed by atoms with E-state index < -0.39 is 5.97 Å². The summed E-state index contributed by atoms with van der Waals surface area (Å²) < 4.78 is 4.78. The third kappa shape index (κ3) is 9.88. The number of ketones is 1. The number of rotatable bonds is 8. The normalized spacial score (nSPS) is 9.86. The van der Waals surface area contributed by atoms with E-state index in [0.29, 0.717) is 18.1 Å². The first-order valence-corrected chi connectivity index (χ1v) is 6.66. The number of aliphatic hydroxyl groups is 1. The van der Waals surface area contributed by atoms with E-state index in [1.54, 1.807) is 0 Å². The maximum absolute atomic E-state index is 10.8. The topological polar surface area (TPSA) is 63.6 Å². The number of ether oxygens (including phenoxy) is 1. The van der Waals surface area contributed by atoms with Gasteiger partial charge in [0.1, 0.15) is 18.8 Å².